The van der Waals surface area contributed by atoms with Crippen LogP contribution in [0.1, 0.15) is 17.5 Å². The smallest absolute Gasteiger partial charge is 0.197 e. The van der Waals surface area contributed by atoms with Crippen molar-refractivity contribution in [3.8, 4) is 16.9 Å². The Labute approximate surface area is 240 Å². The molecule has 0 aliphatic rings. The SMILES string of the molecule is Cc1cccc(SC(CC(=Nc2ccc(-c3ccccc3)cc2)Oc2ccccc2)Sc2cccc(C)c2)c1. The van der Waals surface area contributed by atoms with Gasteiger partial charge in [0.15, 0.2) is 5.90 Å². The lowest BCUT2D eigenvalue weighted by Gasteiger charge is -2.19. The highest BCUT2D eigenvalue weighted by Gasteiger charge is 2.18. The number of thioether (sulfide) groups is 2. The van der Waals surface area contributed by atoms with Crippen LogP contribution in [0, 0.1) is 13.8 Å². The minimum absolute atomic E-state index is 0.166. The van der Waals surface area contributed by atoms with E-state index in [4.69, 9.17) is 9.73 Å². The minimum atomic E-state index is 0.166. The molecule has 0 radical (unpaired) electrons. The topological polar surface area (TPSA) is 21.6 Å². The summed E-state index contributed by atoms with van der Waals surface area (Å²) < 4.78 is 6.58. The summed E-state index contributed by atoms with van der Waals surface area (Å²) in [6.07, 6.45) is 0.659. The predicted molar refractivity (Wildman–Crippen MR) is 169 cm³/mol. The quantitative estimate of drug-likeness (QED) is 0.0796. The van der Waals surface area contributed by atoms with Gasteiger partial charge in [0.1, 0.15) is 5.75 Å². The molecule has 0 unspecified atom stereocenters. The van der Waals surface area contributed by atoms with Crippen LogP contribution in [0.4, 0.5) is 5.69 Å². The fourth-order valence-electron chi connectivity index (χ4n) is 4.17. The average Bonchev–Trinajstić information content (AvgIpc) is 2.94. The van der Waals surface area contributed by atoms with Gasteiger partial charge in [0, 0.05) is 16.2 Å². The molecule has 0 heterocycles. The molecule has 0 atom stereocenters. The summed E-state index contributed by atoms with van der Waals surface area (Å²) in [6, 6.07) is 46.1. The first kappa shape index (κ1) is 26.9. The highest BCUT2D eigenvalue weighted by molar-refractivity contribution is 8.17. The number of aryl methyl sites for hydroxylation is 2. The van der Waals surface area contributed by atoms with Crippen molar-refractivity contribution in [1.29, 1.82) is 0 Å². The Hall–Kier alpha value is -3.73. The van der Waals surface area contributed by atoms with Gasteiger partial charge in [-0.25, -0.2) is 4.99 Å². The summed E-state index contributed by atoms with van der Waals surface area (Å²) in [5, 5.41) is 0. The van der Waals surface area contributed by atoms with Crippen LogP contribution in [0.3, 0.4) is 0 Å². The van der Waals surface area contributed by atoms with Crippen molar-refractivity contribution in [3.63, 3.8) is 0 Å². The van der Waals surface area contributed by atoms with Crippen LogP contribution < -0.4 is 4.74 Å². The lowest BCUT2D eigenvalue weighted by molar-refractivity contribution is 0.535. The van der Waals surface area contributed by atoms with Gasteiger partial charge >= 0.3 is 0 Å². The fourth-order valence-corrected chi connectivity index (χ4v) is 6.91. The van der Waals surface area contributed by atoms with E-state index in [-0.39, 0.29) is 4.58 Å². The zero-order valence-corrected chi connectivity index (χ0v) is 23.8. The zero-order chi connectivity index (χ0) is 26.9. The van der Waals surface area contributed by atoms with E-state index in [2.05, 4.69) is 111 Å². The van der Waals surface area contributed by atoms with Gasteiger partial charge < -0.3 is 4.74 Å². The lowest BCUT2D eigenvalue weighted by atomic mass is 10.1. The summed E-state index contributed by atoms with van der Waals surface area (Å²) in [6.45, 7) is 4.27. The molecule has 2 nitrogen and oxygen atoms in total. The van der Waals surface area contributed by atoms with Crippen LogP contribution in [-0.2, 0) is 0 Å². The molecule has 0 saturated heterocycles. The Morgan fingerprint density at radius 2 is 1.15 bits per heavy atom. The van der Waals surface area contributed by atoms with E-state index in [1.165, 1.54) is 32.0 Å². The fraction of sp³-hybridized carbons (Fsp3) is 0.114. The second-order valence-electron chi connectivity index (χ2n) is 9.34. The molecule has 5 aromatic carbocycles. The first-order valence-electron chi connectivity index (χ1n) is 13.0. The summed E-state index contributed by atoms with van der Waals surface area (Å²) in [5.74, 6) is 1.48. The first-order chi connectivity index (χ1) is 19.1. The molecule has 0 aliphatic carbocycles. The van der Waals surface area contributed by atoms with Gasteiger partial charge in [-0.3, -0.25) is 0 Å². The third-order valence-electron chi connectivity index (χ3n) is 6.06. The number of nitrogens with zero attached hydrogens (tertiary/aromatic N) is 1. The number of ether oxygens (including phenoxy) is 1. The number of rotatable bonds is 9. The van der Waals surface area contributed by atoms with Crippen LogP contribution in [0.25, 0.3) is 11.1 Å². The Kier molecular flexibility index (Phi) is 9.21. The second kappa shape index (κ2) is 13.4. The van der Waals surface area contributed by atoms with Gasteiger partial charge in [-0.15, -0.1) is 23.5 Å². The summed E-state index contributed by atoms with van der Waals surface area (Å²) in [7, 11) is 0. The zero-order valence-electron chi connectivity index (χ0n) is 22.2. The highest BCUT2D eigenvalue weighted by Crippen LogP contribution is 2.39. The molecule has 0 amide bonds. The normalized spacial score (nSPS) is 11.5. The lowest BCUT2D eigenvalue weighted by Crippen LogP contribution is -2.14. The van der Waals surface area contributed by atoms with Crippen molar-refractivity contribution >= 4 is 35.1 Å². The molecular weight excluding hydrogens is 515 g/mol. The molecule has 0 aliphatic heterocycles. The molecule has 5 rings (SSSR count). The Morgan fingerprint density at radius 3 is 1.72 bits per heavy atom. The number of hydrogen-bond donors (Lipinski definition) is 0. The van der Waals surface area contributed by atoms with Crippen molar-refractivity contribution in [1.82, 2.24) is 0 Å². The van der Waals surface area contributed by atoms with Gasteiger partial charge in [-0.05, 0) is 73.5 Å². The molecule has 0 spiro atoms. The summed E-state index contributed by atoms with van der Waals surface area (Å²) in [5.41, 5.74) is 5.75. The number of para-hydroxylation sites is 1. The van der Waals surface area contributed by atoms with E-state index >= 15 is 0 Å². The summed E-state index contributed by atoms with van der Waals surface area (Å²) >= 11 is 3.71. The van der Waals surface area contributed by atoms with Crippen molar-refractivity contribution < 1.29 is 4.74 Å². The van der Waals surface area contributed by atoms with Gasteiger partial charge in [-0.1, -0.05) is 96.1 Å². The standard InChI is InChI=1S/C35H31NOS2/c1-26-11-9-17-32(23-26)38-35(39-33-18-10-12-27(2)24-33)25-34(37-31-15-7-4-8-16-31)36-30-21-19-29(20-22-30)28-13-5-3-6-14-28/h3-24,35H,25H2,1-2H3. The second-order valence-corrected chi connectivity index (χ2v) is 12.2. The Morgan fingerprint density at radius 1 is 0.615 bits per heavy atom. The van der Waals surface area contributed by atoms with E-state index in [1.807, 2.05) is 59.9 Å². The van der Waals surface area contributed by atoms with E-state index in [0.717, 1.165) is 11.4 Å². The van der Waals surface area contributed by atoms with Crippen molar-refractivity contribution in [3.05, 3.63) is 145 Å². The maximum absolute atomic E-state index is 6.41. The first-order valence-corrected chi connectivity index (χ1v) is 14.8. The molecule has 5 aromatic rings. The van der Waals surface area contributed by atoms with Crippen LogP contribution in [0.15, 0.2) is 148 Å². The molecular formula is C35H31NOS2. The van der Waals surface area contributed by atoms with Gasteiger partial charge in [0.25, 0.3) is 0 Å². The highest BCUT2D eigenvalue weighted by atomic mass is 32.2. The van der Waals surface area contributed by atoms with Crippen LogP contribution in [0.5, 0.6) is 5.75 Å². The van der Waals surface area contributed by atoms with Crippen LogP contribution >= 0.6 is 23.5 Å². The molecule has 194 valence electrons. The maximum Gasteiger partial charge on any atom is 0.197 e. The van der Waals surface area contributed by atoms with E-state index in [9.17, 15) is 0 Å². The van der Waals surface area contributed by atoms with Crippen molar-refractivity contribution in [2.24, 2.45) is 4.99 Å². The van der Waals surface area contributed by atoms with Gasteiger partial charge in [0.05, 0.1) is 10.3 Å². The van der Waals surface area contributed by atoms with Gasteiger partial charge in [-0.2, -0.15) is 0 Å². The van der Waals surface area contributed by atoms with E-state index < -0.39 is 0 Å². The third kappa shape index (κ3) is 8.13. The average molecular weight is 546 g/mol. The van der Waals surface area contributed by atoms with E-state index in [1.54, 1.807) is 0 Å². The monoisotopic (exact) mass is 545 g/mol. The van der Waals surface area contributed by atoms with Crippen LogP contribution in [0.2, 0.25) is 0 Å². The summed E-state index contributed by atoms with van der Waals surface area (Å²) in [4.78, 5) is 7.50. The largest absolute Gasteiger partial charge is 0.443 e. The molecule has 0 fully saturated rings. The third-order valence-corrected chi connectivity index (χ3v) is 8.55. The molecule has 0 N–H and O–H groups in total. The number of benzene rings is 5. The number of aliphatic imine (C=N–C) groups is 1. The van der Waals surface area contributed by atoms with Gasteiger partial charge in [0.2, 0.25) is 0 Å². The van der Waals surface area contributed by atoms with Crippen molar-refractivity contribution in [2.45, 2.75) is 34.6 Å². The van der Waals surface area contributed by atoms with E-state index in [0.29, 0.717) is 12.3 Å². The molecule has 0 aromatic heterocycles. The minimum Gasteiger partial charge on any atom is -0.443 e. The maximum atomic E-state index is 6.41. The predicted octanol–water partition coefficient (Wildman–Crippen LogP) is 10.4. The van der Waals surface area contributed by atoms with Crippen molar-refractivity contribution in [2.75, 3.05) is 0 Å². The number of hydrogen-bond acceptors (Lipinski definition) is 4. The molecule has 4 heteroatoms. The Balaban J connectivity index is 1.45. The molecule has 39 heavy (non-hydrogen) atoms. The Bertz CT molecular complexity index is 1470. The molecule has 0 bridgehead atoms. The van der Waals surface area contributed by atoms with Crippen LogP contribution in [-0.4, -0.2) is 10.5 Å². The molecule has 0 saturated carbocycles.